The smallest absolute Gasteiger partial charge is 0.143 e. The molecule has 3 heteroatoms. The molecule has 0 atom stereocenters. The second-order valence-electron chi connectivity index (χ2n) is 16.4. The Hall–Kier alpha value is -8.14. The van der Waals surface area contributed by atoms with Crippen molar-refractivity contribution in [3.05, 3.63) is 247 Å². The normalized spacial score (nSPS) is 13.0. The van der Waals surface area contributed by atoms with Crippen molar-refractivity contribution < 1.29 is 8.83 Å². The highest BCUT2D eigenvalue weighted by Crippen LogP contribution is 2.63. The largest absolute Gasteiger partial charge is 0.456 e. The molecule has 0 N–H and O–H groups in total. The van der Waals surface area contributed by atoms with E-state index in [0.29, 0.717) is 0 Å². The van der Waals surface area contributed by atoms with Gasteiger partial charge < -0.3 is 13.7 Å². The summed E-state index contributed by atoms with van der Waals surface area (Å²) in [7, 11) is 0. The van der Waals surface area contributed by atoms with E-state index in [1.165, 1.54) is 44.5 Å². The lowest BCUT2D eigenvalue weighted by Gasteiger charge is -2.32. The van der Waals surface area contributed by atoms with Crippen molar-refractivity contribution in [1.82, 2.24) is 0 Å². The van der Waals surface area contributed by atoms with E-state index in [2.05, 4.69) is 199 Å². The molecule has 9 aromatic carbocycles. The molecule has 3 nitrogen and oxygen atoms in total. The van der Waals surface area contributed by atoms with Crippen molar-refractivity contribution in [2.24, 2.45) is 0 Å². The molecule has 0 saturated heterocycles. The molecule has 0 unspecified atom stereocenters. The summed E-state index contributed by atoms with van der Waals surface area (Å²) in [6.45, 7) is 0. The summed E-state index contributed by atoms with van der Waals surface area (Å²) in [5.74, 6) is 1.69. The molecule has 0 fully saturated rings. The van der Waals surface area contributed by atoms with E-state index < -0.39 is 5.41 Å². The molecular formula is C59H37NO2. The Morgan fingerprint density at radius 2 is 0.790 bits per heavy atom. The van der Waals surface area contributed by atoms with Crippen molar-refractivity contribution in [3.8, 4) is 56.0 Å². The number of furan rings is 2. The number of nitrogens with zero attached hydrogens (tertiary/aromatic N) is 1. The molecule has 2 heterocycles. The van der Waals surface area contributed by atoms with Crippen LogP contribution in [0.4, 0.5) is 17.1 Å². The lowest BCUT2D eigenvalue weighted by atomic mass is 9.70. The first-order valence-electron chi connectivity index (χ1n) is 21.2. The summed E-state index contributed by atoms with van der Waals surface area (Å²) in [5, 5.41) is 2.25. The average molecular weight is 792 g/mol. The fourth-order valence-electron chi connectivity index (χ4n) is 10.5. The average Bonchev–Trinajstić information content (AvgIpc) is 4.12. The third-order valence-electron chi connectivity index (χ3n) is 13.2. The Labute approximate surface area is 359 Å². The Kier molecular flexibility index (Phi) is 7.52. The van der Waals surface area contributed by atoms with Crippen LogP contribution in [0.25, 0.3) is 78.0 Å². The molecule has 0 amide bonds. The maximum atomic E-state index is 6.48. The molecular weight excluding hydrogens is 755 g/mol. The molecule has 0 aliphatic heterocycles. The summed E-state index contributed by atoms with van der Waals surface area (Å²) in [4.78, 5) is 2.39. The predicted octanol–water partition coefficient (Wildman–Crippen LogP) is 16.0. The minimum Gasteiger partial charge on any atom is -0.456 e. The Bertz CT molecular complexity index is 3460. The van der Waals surface area contributed by atoms with Gasteiger partial charge in [0.15, 0.2) is 0 Å². The number of para-hydroxylation sites is 2. The zero-order valence-corrected chi connectivity index (χ0v) is 33.6. The first kappa shape index (κ1) is 34.7. The number of fused-ring (bicyclic) bond motifs is 13. The van der Waals surface area contributed by atoms with Gasteiger partial charge in [-0.1, -0.05) is 158 Å². The van der Waals surface area contributed by atoms with Crippen LogP contribution in [-0.4, -0.2) is 0 Å². The van der Waals surface area contributed by atoms with Gasteiger partial charge in [0, 0.05) is 44.5 Å². The summed E-state index contributed by atoms with van der Waals surface area (Å²) in [5.41, 5.74) is 19.2. The van der Waals surface area contributed by atoms with Gasteiger partial charge in [0.1, 0.15) is 22.7 Å². The summed E-state index contributed by atoms with van der Waals surface area (Å²) >= 11 is 0. The molecule has 1 spiro atoms. The van der Waals surface area contributed by atoms with Crippen LogP contribution in [0.1, 0.15) is 22.3 Å². The van der Waals surface area contributed by atoms with Gasteiger partial charge in [-0.25, -0.2) is 0 Å². The summed E-state index contributed by atoms with van der Waals surface area (Å²) in [6.07, 6.45) is 0. The van der Waals surface area contributed by atoms with E-state index in [1.54, 1.807) is 0 Å². The van der Waals surface area contributed by atoms with E-state index >= 15 is 0 Å². The van der Waals surface area contributed by atoms with Gasteiger partial charge in [0.2, 0.25) is 0 Å². The van der Waals surface area contributed by atoms with E-state index in [-0.39, 0.29) is 0 Å². The van der Waals surface area contributed by atoms with Gasteiger partial charge in [-0.3, -0.25) is 0 Å². The topological polar surface area (TPSA) is 29.5 Å². The maximum Gasteiger partial charge on any atom is 0.143 e. The SMILES string of the molecule is c1ccc(-c2ccc(-c3ccc(N(c4ccc(-c5cccc6c5oc5ccccc56)cc4)c4ccc5c(c4)C4(c6ccccc6-c6ccccc64)c4ccccc4-5)cc3)o2)cc1. The van der Waals surface area contributed by atoms with E-state index in [4.69, 9.17) is 8.83 Å². The zero-order chi connectivity index (χ0) is 40.8. The Morgan fingerprint density at radius 1 is 0.306 bits per heavy atom. The van der Waals surface area contributed by atoms with Crippen molar-refractivity contribution in [2.75, 3.05) is 4.90 Å². The zero-order valence-electron chi connectivity index (χ0n) is 33.6. The standard InChI is InChI=1S/C59H37NO2/c1-2-13-39(14-3-1)55-35-36-56(61-55)40-27-31-42(32-28-40)60(41-29-25-38(26-30-41)44-19-12-20-50-49-18-7-11-24-57(49)62-58(44)50)43-33-34-48-47-17-6-10-23-53(47)59(54(48)37-43)51-21-8-4-15-45(51)46-16-5-9-22-52(46)59/h1-37H. The van der Waals surface area contributed by atoms with Crippen LogP contribution in [0.15, 0.2) is 233 Å². The van der Waals surface area contributed by atoms with Crippen LogP contribution >= 0.6 is 0 Å². The predicted molar refractivity (Wildman–Crippen MR) is 253 cm³/mol. The number of rotatable bonds is 6. The van der Waals surface area contributed by atoms with Crippen LogP contribution in [0, 0.1) is 0 Å². The van der Waals surface area contributed by atoms with Crippen LogP contribution < -0.4 is 4.90 Å². The Balaban J connectivity index is 0.975. The number of hydrogen-bond donors (Lipinski definition) is 0. The van der Waals surface area contributed by atoms with Gasteiger partial charge in [-0.2, -0.15) is 0 Å². The van der Waals surface area contributed by atoms with Gasteiger partial charge in [-0.05, 0) is 117 Å². The quantitative estimate of drug-likeness (QED) is 0.168. The van der Waals surface area contributed by atoms with Crippen molar-refractivity contribution >= 4 is 39.0 Å². The van der Waals surface area contributed by atoms with Gasteiger partial charge in [0.05, 0.1) is 5.41 Å². The van der Waals surface area contributed by atoms with Crippen LogP contribution in [0.5, 0.6) is 0 Å². The van der Waals surface area contributed by atoms with Gasteiger partial charge in [-0.15, -0.1) is 0 Å². The molecule has 2 aliphatic rings. The van der Waals surface area contributed by atoms with Crippen molar-refractivity contribution in [2.45, 2.75) is 5.41 Å². The van der Waals surface area contributed by atoms with Gasteiger partial charge in [0.25, 0.3) is 0 Å². The highest BCUT2D eigenvalue weighted by Gasteiger charge is 2.51. The minimum absolute atomic E-state index is 0.449. The fraction of sp³-hybridized carbons (Fsp3) is 0.0169. The second kappa shape index (κ2) is 13.4. The van der Waals surface area contributed by atoms with Crippen molar-refractivity contribution in [3.63, 3.8) is 0 Å². The molecule has 11 aromatic rings. The molecule has 0 radical (unpaired) electrons. The fourth-order valence-corrected chi connectivity index (χ4v) is 10.5. The van der Waals surface area contributed by atoms with Crippen LogP contribution in [0.3, 0.4) is 0 Å². The summed E-state index contributed by atoms with van der Waals surface area (Å²) < 4.78 is 12.9. The highest BCUT2D eigenvalue weighted by atomic mass is 16.3. The molecule has 62 heavy (non-hydrogen) atoms. The van der Waals surface area contributed by atoms with Crippen LogP contribution in [-0.2, 0) is 5.41 Å². The third kappa shape index (κ3) is 5.00. The summed E-state index contributed by atoms with van der Waals surface area (Å²) in [6, 6.07) is 80.8. The molecule has 13 rings (SSSR count). The molecule has 0 bridgehead atoms. The maximum absolute atomic E-state index is 6.48. The van der Waals surface area contributed by atoms with E-state index in [0.717, 1.165) is 72.8 Å². The number of hydrogen-bond acceptors (Lipinski definition) is 3. The number of anilines is 3. The monoisotopic (exact) mass is 791 g/mol. The molecule has 290 valence electrons. The lowest BCUT2D eigenvalue weighted by Crippen LogP contribution is -2.26. The number of benzene rings is 9. The third-order valence-corrected chi connectivity index (χ3v) is 13.2. The highest BCUT2D eigenvalue weighted by molar-refractivity contribution is 6.09. The lowest BCUT2D eigenvalue weighted by molar-refractivity contribution is 0.597. The van der Waals surface area contributed by atoms with E-state index in [9.17, 15) is 0 Å². The van der Waals surface area contributed by atoms with Crippen LogP contribution in [0.2, 0.25) is 0 Å². The molecule has 2 aliphatic carbocycles. The molecule has 0 saturated carbocycles. The Morgan fingerprint density at radius 3 is 1.44 bits per heavy atom. The van der Waals surface area contributed by atoms with Crippen molar-refractivity contribution in [1.29, 1.82) is 0 Å². The van der Waals surface area contributed by atoms with Gasteiger partial charge >= 0.3 is 0 Å². The first-order chi connectivity index (χ1) is 30.7. The first-order valence-corrected chi connectivity index (χ1v) is 21.2. The van der Waals surface area contributed by atoms with E-state index in [1.807, 2.05) is 30.3 Å². The second-order valence-corrected chi connectivity index (χ2v) is 16.4. The molecule has 2 aromatic heterocycles. The minimum atomic E-state index is -0.449.